The Morgan fingerprint density at radius 3 is 2.58 bits per heavy atom. The van der Waals surface area contributed by atoms with Gasteiger partial charge in [-0.15, -0.1) is 0 Å². The van der Waals surface area contributed by atoms with Gasteiger partial charge in [0.25, 0.3) is 0 Å². The molecule has 0 saturated carbocycles. The van der Waals surface area contributed by atoms with Crippen LogP contribution in [-0.2, 0) is 21.4 Å². The highest BCUT2D eigenvalue weighted by Crippen LogP contribution is 2.19. The molecule has 0 bridgehead atoms. The van der Waals surface area contributed by atoms with Crippen LogP contribution in [0.5, 0.6) is 0 Å². The van der Waals surface area contributed by atoms with Gasteiger partial charge in [0.05, 0.1) is 18.1 Å². The van der Waals surface area contributed by atoms with Gasteiger partial charge in [0, 0.05) is 19.7 Å². The Balaban J connectivity index is 3.11. The summed E-state index contributed by atoms with van der Waals surface area (Å²) < 4.78 is 31.4. The molecule has 0 amide bonds. The predicted molar refractivity (Wildman–Crippen MR) is 73.3 cm³/mol. The van der Waals surface area contributed by atoms with Crippen molar-refractivity contribution in [2.45, 2.75) is 31.4 Å². The molecule has 19 heavy (non-hydrogen) atoms. The van der Waals surface area contributed by atoms with E-state index in [-0.39, 0.29) is 17.5 Å². The molecular formula is C13H21NO4S. The lowest BCUT2D eigenvalue weighted by Gasteiger charge is -2.25. The van der Waals surface area contributed by atoms with Crippen molar-refractivity contribution in [3.63, 3.8) is 0 Å². The molecule has 0 fully saturated rings. The standard InChI is InChI=1S/C13H21NO4S/c1-11(2)14(7-8-18-3)19(16,17)13-6-4-5-12(9-13)10-15/h4-6,9,11,15H,7-8,10H2,1-3H3. The van der Waals surface area contributed by atoms with E-state index in [0.717, 1.165) is 0 Å². The molecule has 0 atom stereocenters. The lowest BCUT2D eigenvalue weighted by Crippen LogP contribution is -2.39. The van der Waals surface area contributed by atoms with Crippen molar-refractivity contribution in [3.05, 3.63) is 29.8 Å². The van der Waals surface area contributed by atoms with Gasteiger partial charge in [-0.1, -0.05) is 12.1 Å². The number of aliphatic hydroxyl groups excluding tert-OH is 1. The van der Waals surface area contributed by atoms with Crippen LogP contribution in [0.1, 0.15) is 19.4 Å². The molecule has 1 rings (SSSR count). The topological polar surface area (TPSA) is 66.8 Å². The van der Waals surface area contributed by atoms with E-state index in [1.807, 2.05) is 13.8 Å². The largest absolute Gasteiger partial charge is 0.392 e. The van der Waals surface area contributed by atoms with Gasteiger partial charge in [0.1, 0.15) is 0 Å². The summed E-state index contributed by atoms with van der Waals surface area (Å²) in [5.41, 5.74) is 0.580. The molecule has 0 heterocycles. The van der Waals surface area contributed by atoms with Gasteiger partial charge in [-0.05, 0) is 31.5 Å². The lowest BCUT2D eigenvalue weighted by atomic mass is 10.2. The van der Waals surface area contributed by atoms with Crippen LogP contribution < -0.4 is 0 Å². The van der Waals surface area contributed by atoms with Crippen LogP contribution in [0.3, 0.4) is 0 Å². The molecule has 0 aromatic heterocycles. The number of methoxy groups -OCH3 is 1. The molecule has 0 aliphatic rings. The fraction of sp³-hybridized carbons (Fsp3) is 0.538. The normalized spacial score (nSPS) is 12.3. The minimum Gasteiger partial charge on any atom is -0.392 e. The number of nitrogens with zero attached hydrogens (tertiary/aromatic N) is 1. The van der Waals surface area contributed by atoms with Gasteiger partial charge in [-0.2, -0.15) is 4.31 Å². The van der Waals surface area contributed by atoms with Gasteiger partial charge in [0.2, 0.25) is 10.0 Å². The van der Waals surface area contributed by atoms with Crippen molar-refractivity contribution >= 4 is 10.0 Å². The van der Waals surface area contributed by atoms with Gasteiger partial charge in [-0.25, -0.2) is 8.42 Å². The van der Waals surface area contributed by atoms with E-state index >= 15 is 0 Å². The smallest absolute Gasteiger partial charge is 0.243 e. The van der Waals surface area contributed by atoms with Gasteiger partial charge in [-0.3, -0.25) is 0 Å². The molecule has 0 saturated heterocycles. The first-order valence-corrected chi connectivity index (χ1v) is 7.58. The van der Waals surface area contributed by atoms with Gasteiger partial charge >= 0.3 is 0 Å². The minimum absolute atomic E-state index is 0.155. The quantitative estimate of drug-likeness (QED) is 0.819. The summed E-state index contributed by atoms with van der Waals surface area (Å²) in [6.07, 6.45) is 0. The molecule has 0 aliphatic carbocycles. The Bertz CT molecular complexity index is 499. The monoisotopic (exact) mass is 287 g/mol. The first-order valence-electron chi connectivity index (χ1n) is 6.14. The van der Waals surface area contributed by atoms with Crippen molar-refractivity contribution < 1.29 is 18.3 Å². The van der Waals surface area contributed by atoms with Crippen LogP contribution in [0, 0.1) is 0 Å². The van der Waals surface area contributed by atoms with E-state index in [4.69, 9.17) is 9.84 Å². The second kappa shape index (κ2) is 7.00. The average molecular weight is 287 g/mol. The van der Waals surface area contributed by atoms with Crippen molar-refractivity contribution in [1.82, 2.24) is 4.31 Å². The second-order valence-electron chi connectivity index (χ2n) is 4.51. The van der Waals surface area contributed by atoms with Crippen LogP contribution in [0.25, 0.3) is 0 Å². The number of rotatable bonds is 7. The zero-order valence-electron chi connectivity index (χ0n) is 11.5. The molecule has 0 aliphatic heterocycles. The zero-order chi connectivity index (χ0) is 14.5. The summed E-state index contributed by atoms with van der Waals surface area (Å²) in [5, 5.41) is 9.09. The second-order valence-corrected chi connectivity index (χ2v) is 6.40. The maximum atomic E-state index is 12.5. The number of benzene rings is 1. The molecule has 5 nitrogen and oxygen atoms in total. The molecule has 1 N–H and O–H groups in total. The maximum absolute atomic E-state index is 12.5. The van der Waals surface area contributed by atoms with E-state index in [9.17, 15) is 8.42 Å². The van der Waals surface area contributed by atoms with Crippen molar-refractivity contribution in [2.75, 3.05) is 20.3 Å². The summed E-state index contributed by atoms with van der Waals surface area (Å²) in [6.45, 7) is 4.12. The fourth-order valence-corrected chi connectivity index (χ4v) is 3.47. The first-order chi connectivity index (χ1) is 8.93. The maximum Gasteiger partial charge on any atom is 0.243 e. The summed E-state index contributed by atoms with van der Waals surface area (Å²) in [6, 6.07) is 6.20. The third kappa shape index (κ3) is 4.01. The van der Waals surface area contributed by atoms with Crippen molar-refractivity contribution in [3.8, 4) is 0 Å². The highest BCUT2D eigenvalue weighted by atomic mass is 32.2. The van der Waals surface area contributed by atoms with E-state index < -0.39 is 10.0 Å². The highest BCUT2D eigenvalue weighted by Gasteiger charge is 2.26. The number of ether oxygens (including phenoxy) is 1. The molecule has 6 heteroatoms. The molecule has 1 aromatic carbocycles. The minimum atomic E-state index is -3.56. The zero-order valence-corrected chi connectivity index (χ0v) is 12.4. The number of hydrogen-bond acceptors (Lipinski definition) is 4. The number of sulfonamides is 1. The Labute approximate surface area is 114 Å². The summed E-state index contributed by atoms with van der Waals surface area (Å²) in [4.78, 5) is 0.198. The fourth-order valence-electron chi connectivity index (χ4n) is 1.78. The van der Waals surface area contributed by atoms with E-state index in [1.165, 1.54) is 23.5 Å². The molecule has 1 aromatic rings. The number of hydrogen-bond donors (Lipinski definition) is 1. The third-order valence-corrected chi connectivity index (χ3v) is 4.85. The Kier molecular flexibility index (Phi) is 5.93. The van der Waals surface area contributed by atoms with Gasteiger partial charge in [0.15, 0.2) is 0 Å². The van der Waals surface area contributed by atoms with Gasteiger partial charge < -0.3 is 9.84 Å². The highest BCUT2D eigenvalue weighted by molar-refractivity contribution is 7.89. The third-order valence-electron chi connectivity index (χ3n) is 2.78. The van der Waals surface area contributed by atoms with E-state index in [1.54, 1.807) is 12.1 Å². The van der Waals surface area contributed by atoms with Crippen LogP contribution >= 0.6 is 0 Å². The van der Waals surface area contributed by atoms with Crippen LogP contribution in [0.4, 0.5) is 0 Å². The molecule has 0 spiro atoms. The predicted octanol–water partition coefficient (Wildman–Crippen LogP) is 1.22. The van der Waals surface area contributed by atoms with Crippen LogP contribution in [0.15, 0.2) is 29.2 Å². The lowest BCUT2D eigenvalue weighted by molar-refractivity contribution is 0.171. The van der Waals surface area contributed by atoms with Crippen LogP contribution in [0.2, 0.25) is 0 Å². The van der Waals surface area contributed by atoms with E-state index in [2.05, 4.69) is 0 Å². The molecule has 0 radical (unpaired) electrons. The van der Waals surface area contributed by atoms with Crippen LogP contribution in [-0.4, -0.2) is 44.1 Å². The Hall–Kier alpha value is -0.950. The SMILES string of the molecule is COCCN(C(C)C)S(=O)(=O)c1cccc(CO)c1. The molecule has 0 unspecified atom stereocenters. The summed E-state index contributed by atoms with van der Waals surface area (Å²) in [5.74, 6) is 0. The van der Waals surface area contributed by atoms with Crippen molar-refractivity contribution in [2.24, 2.45) is 0 Å². The number of aliphatic hydroxyl groups is 1. The summed E-state index contributed by atoms with van der Waals surface area (Å²) in [7, 11) is -2.02. The molecule has 108 valence electrons. The average Bonchev–Trinajstić information content (AvgIpc) is 2.38. The van der Waals surface area contributed by atoms with Crippen molar-refractivity contribution in [1.29, 1.82) is 0 Å². The molecular weight excluding hydrogens is 266 g/mol. The Morgan fingerprint density at radius 1 is 1.37 bits per heavy atom. The Morgan fingerprint density at radius 2 is 2.05 bits per heavy atom. The summed E-state index contributed by atoms with van der Waals surface area (Å²) >= 11 is 0. The van der Waals surface area contributed by atoms with E-state index in [0.29, 0.717) is 18.7 Å². The first kappa shape index (κ1) is 16.1.